The molecule has 1 N–H and O–H groups in total. The Bertz CT molecular complexity index is 1120. The number of nitrogens with zero attached hydrogens (tertiary/aromatic N) is 3. The van der Waals surface area contributed by atoms with Crippen LogP contribution in [-0.4, -0.2) is 52.5 Å². The number of anilines is 1. The van der Waals surface area contributed by atoms with Gasteiger partial charge >= 0.3 is 0 Å². The highest BCUT2D eigenvalue weighted by Gasteiger charge is 2.22. The molecule has 0 spiro atoms. The normalized spacial score (nSPS) is 11.2. The van der Waals surface area contributed by atoms with E-state index in [1.165, 1.54) is 50.6 Å². The topological polar surface area (TPSA) is 140 Å². The summed E-state index contributed by atoms with van der Waals surface area (Å²) >= 11 is 5.96. The van der Waals surface area contributed by atoms with Gasteiger partial charge in [-0.05, 0) is 18.2 Å². The van der Waals surface area contributed by atoms with Crippen LogP contribution in [0.15, 0.2) is 41.5 Å². The summed E-state index contributed by atoms with van der Waals surface area (Å²) in [7, 11) is -0.997. The zero-order valence-corrected chi connectivity index (χ0v) is 18.3. The van der Waals surface area contributed by atoms with Crippen molar-refractivity contribution in [1.82, 2.24) is 5.43 Å². The first-order valence-electron chi connectivity index (χ1n) is 8.52. The summed E-state index contributed by atoms with van der Waals surface area (Å²) in [6, 6.07) is 8.12. The zero-order chi connectivity index (χ0) is 23.2. The first-order chi connectivity index (χ1) is 14.6. The van der Waals surface area contributed by atoms with Crippen LogP contribution in [0.25, 0.3) is 0 Å². The van der Waals surface area contributed by atoms with E-state index in [9.17, 15) is 23.3 Å². The molecule has 0 bridgehead atoms. The molecule has 0 heterocycles. The van der Waals surface area contributed by atoms with Gasteiger partial charge in [0, 0.05) is 28.8 Å². The second-order valence-corrected chi connectivity index (χ2v) is 8.38. The number of hydrazone groups is 1. The SMILES string of the molecule is COc1ccc(N(CC(=O)N/N=C\c2cc([N+](=O)[O-])ccc2Cl)S(C)(=O)=O)cc1OC. The lowest BCUT2D eigenvalue weighted by atomic mass is 10.2. The van der Waals surface area contributed by atoms with Gasteiger partial charge in [-0.3, -0.25) is 19.2 Å². The minimum absolute atomic E-state index is 0.181. The predicted molar refractivity (Wildman–Crippen MR) is 116 cm³/mol. The van der Waals surface area contributed by atoms with Crippen molar-refractivity contribution >= 4 is 45.1 Å². The predicted octanol–water partition coefficient (Wildman–Crippen LogP) is 2.18. The average Bonchev–Trinajstić information content (AvgIpc) is 2.71. The van der Waals surface area contributed by atoms with Crippen LogP contribution in [0.1, 0.15) is 5.56 Å². The Labute approximate surface area is 183 Å². The average molecular weight is 471 g/mol. The molecule has 0 fully saturated rings. The number of rotatable bonds is 9. The number of methoxy groups -OCH3 is 2. The van der Waals surface area contributed by atoms with Crippen LogP contribution < -0.4 is 19.2 Å². The summed E-state index contributed by atoms with van der Waals surface area (Å²) in [6.45, 7) is -0.575. The summed E-state index contributed by atoms with van der Waals surface area (Å²) in [6.07, 6.45) is 2.07. The van der Waals surface area contributed by atoms with Gasteiger partial charge in [0.1, 0.15) is 6.54 Å². The highest BCUT2D eigenvalue weighted by Crippen LogP contribution is 2.32. The van der Waals surface area contributed by atoms with Crippen LogP contribution in [0.3, 0.4) is 0 Å². The summed E-state index contributed by atoms with van der Waals surface area (Å²) in [5, 5.41) is 14.7. The fourth-order valence-electron chi connectivity index (χ4n) is 2.46. The number of carbonyl (C=O) groups is 1. The molecule has 2 aromatic rings. The molecule has 11 nitrogen and oxygen atoms in total. The standard InChI is InChI=1S/C18H19ClN4O7S/c1-29-16-7-5-13(9-17(16)30-2)22(31(3,27)28)11-18(24)21-20-10-12-8-14(23(25)26)4-6-15(12)19/h4-10H,11H2,1-3H3,(H,21,24)/b20-10-. The Morgan fingerprint density at radius 3 is 2.48 bits per heavy atom. The second kappa shape index (κ2) is 10.1. The van der Waals surface area contributed by atoms with Gasteiger partial charge in [-0.1, -0.05) is 11.6 Å². The third-order valence-corrected chi connectivity index (χ3v) is 5.41. The second-order valence-electron chi connectivity index (χ2n) is 6.07. The maximum Gasteiger partial charge on any atom is 0.270 e. The highest BCUT2D eigenvalue weighted by atomic mass is 35.5. The zero-order valence-electron chi connectivity index (χ0n) is 16.7. The van der Waals surface area contributed by atoms with E-state index < -0.39 is 27.4 Å². The Balaban J connectivity index is 2.19. The van der Waals surface area contributed by atoms with Crippen molar-refractivity contribution in [2.45, 2.75) is 0 Å². The fraction of sp³-hybridized carbons (Fsp3) is 0.222. The van der Waals surface area contributed by atoms with Crippen molar-refractivity contribution in [2.24, 2.45) is 5.10 Å². The van der Waals surface area contributed by atoms with E-state index in [0.717, 1.165) is 16.8 Å². The van der Waals surface area contributed by atoms with E-state index in [4.69, 9.17) is 21.1 Å². The minimum atomic E-state index is -3.83. The molecular formula is C18H19ClN4O7S. The molecule has 0 radical (unpaired) electrons. The lowest BCUT2D eigenvalue weighted by Crippen LogP contribution is -2.39. The molecule has 0 aliphatic rings. The van der Waals surface area contributed by atoms with E-state index in [0.29, 0.717) is 5.75 Å². The molecule has 0 atom stereocenters. The van der Waals surface area contributed by atoms with Crippen LogP contribution in [0.2, 0.25) is 5.02 Å². The van der Waals surface area contributed by atoms with E-state index in [-0.39, 0.29) is 27.7 Å². The number of non-ortho nitro benzene ring substituents is 1. The molecule has 166 valence electrons. The van der Waals surface area contributed by atoms with E-state index in [1.54, 1.807) is 0 Å². The molecular weight excluding hydrogens is 452 g/mol. The van der Waals surface area contributed by atoms with Crippen molar-refractivity contribution in [3.05, 3.63) is 57.1 Å². The Hall–Kier alpha value is -3.38. The van der Waals surface area contributed by atoms with Gasteiger partial charge in [-0.2, -0.15) is 5.10 Å². The maximum atomic E-state index is 12.3. The maximum absolute atomic E-state index is 12.3. The number of hydrogen-bond donors (Lipinski definition) is 1. The monoisotopic (exact) mass is 470 g/mol. The van der Waals surface area contributed by atoms with Crippen molar-refractivity contribution < 1.29 is 27.6 Å². The number of nitrogens with one attached hydrogen (secondary N) is 1. The molecule has 0 aromatic heterocycles. The molecule has 13 heteroatoms. The number of nitro benzene ring substituents is 1. The van der Waals surface area contributed by atoms with E-state index in [1.807, 2.05) is 0 Å². The third-order valence-electron chi connectivity index (χ3n) is 3.93. The van der Waals surface area contributed by atoms with Crippen molar-refractivity contribution in [2.75, 3.05) is 31.3 Å². The smallest absolute Gasteiger partial charge is 0.270 e. The van der Waals surface area contributed by atoms with Crippen LogP contribution in [-0.2, 0) is 14.8 Å². The van der Waals surface area contributed by atoms with Gasteiger partial charge in [-0.25, -0.2) is 13.8 Å². The third kappa shape index (κ3) is 6.30. The number of carbonyl (C=O) groups excluding carboxylic acids is 1. The molecule has 0 saturated heterocycles. The number of nitro groups is 1. The number of amides is 1. The van der Waals surface area contributed by atoms with Gasteiger partial charge in [-0.15, -0.1) is 0 Å². The van der Waals surface area contributed by atoms with Gasteiger partial charge in [0.25, 0.3) is 11.6 Å². The Morgan fingerprint density at radius 1 is 1.23 bits per heavy atom. The summed E-state index contributed by atoms with van der Waals surface area (Å²) in [5.41, 5.74) is 2.36. The quantitative estimate of drug-likeness (QED) is 0.336. The lowest BCUT2D eigenvalue weighted by Gasteiger charge is -2.22. The lowest BCUT2D eigenvalue weighted by molar-refractivity contribution is -0.384. The minimum Gasteiger partial charge on any atom is -0.493 e. The first kappa shape index (κ1) is 23.9. The van der Waals surface area contributed by atoms with Gasteiger partial charge in [0.05, 0.1) is 37.3 Å². The van der Waals surface area contributed by atoms with Gasteiger partial charge < -0.3 is 9.47 Å². The van der Waals surface area contributed by atoms with Crippen LogP contribution in [0.4, 0.5) is 11.4 Å². The van der Waals surface area contributed by atoms with Crippen LogP contribution in [0, 0.1) is 10.1 Å². The van der Waals surface area contributed by atoms with Gasteiger partial charge in [0.15, 0.2) is 11.5 Å². The molecule has 31 heavy (non-hydrogen) atoms. The number of sulfonamides is 1. The number of ether oxygens (including phenoxy) is 2. The van der Waals surface area contributed by atoms with Crippen LogP contribution >= 0.6 is 11.6 Å². The largest absolute Gasteiger partial charge is 0.493 e. The number of benzene rings is 2. The summed E-state index contributed by atoms with van der Waals surface area (Å²) in [4.78, 5) is 22.5. The fourth-order valence-corrected chi connectivity index (χ4v) is 3.48. The molecule has 2 aromatic carbocycles. The van der Waals surface area contributed by atoms with E-state index in [2.05, 4.69) is 10.5 Å². The van der Waals surface area contributed by atoms with E-state index >= 15 is 0 Å². The number of halogens is 1. The Kier molecular flexibility index (Phi) is 7.78. The van der Waals surface area contributed by atoms with Crippen molar-refractivity contribution in [1.29, 1.82) is 0 Å². The molecule has 0 aliphatic heterocycles. The van der Waals surface area contributed by atoms with Crippen LogP contribution in [0.5, 0.6) is 11.5 Å². The summed E-state index contributed by atoms with van der Waals surface area (Å²) < 4.78 is 35.6. The number of hydrogen-bond acceptors (Lipinski definition) is 8. The Morgan fingerprint density at radius 2 is 1.90 bits per heavy atom. The highest BCUT2D eigenvalue weighted by molar-refractivity contribution is 7.92. The first-order valence-corrected chi connectivity index (χ1v) is 10.7. The molecule has 0 saturated carbocycles. The summed E-state index contributed by atoms with van der Waals surface area (Å²) in [5.74, 6) is -0.0759. The molecule has 0 aliphatic carbocycles. The molecule has 0 unspecified atom stereocenters. The van der Waals surface area contributed by atoms with Crippen molar-refractivity contribution in [3.63, 3.8) is 0 Å². The van der Waals surface area contributed by atoms with Gasteiger partial charge in [0.2, 0.25) is 10.0 Å². The molecule has 1 amide bonds. The van der Waals surface area contributed by atoms with Crippen molar-refractivity contribution in [3.8, 4) is 11.5 Å². The molecule has 2 rings (SSSR count).